The topological polar surface area (TPSA) is 64.4 Å². The smallest absolute Gasteiger partial charge is 0.248 e. The van der Waals surface area contributed by atoms with Gasteiger partial charge < -0.3 is 4.74 Å². The number of nitrogens with zero attached hydrogens (tertiary/aromatic N) is 3. The van der Waals surface area contributed by atoms with Crippen molar-refractivity contribution in [1.29, 1.82) is 0 Å². The first-order valence-electron chi connectivity index (χ1n) is 6.32. The van der Waals surface area contributed by atoms with Crippen LogP contribution in [-0.2, 0) is 14.8 Å². The number of aryl methyl sites for hydroxylation is 1. The first-order chi connectivity index (χ1) is 8.66. The molecule has 0 unspecified atom stereocenters. The van der Waals surface area contributed by atoms with Crippen molar-refractivity contribution in [3.05, 3.63) is 11.9 Å². The highest BCUT2D eigenvalue weighted by Gasteiger charge is 2.43. The molecule has 108 valence electrons. The summed E-state index contributed by atoms with van der Waals surface area (Å²) in [6.45, 7) is 9.87. The summed E-state index contributed by atoms with van der Waals surface area (Å²) in [5.74, 6) is 0. The summed E-state index contributed by atoms with van der Waals surface area (Å²) in [6.07, 6.45) is 1.60. The normalized spacial score (nSPS) is 20.3. The maximum atomic E-state index is 12.7. The van der Waals surface area contributed by atoms with E-state index in [-0.39, 0.29) is 17.7 Å². The van der Waals surface area contributed by atoms with Crippen LogP contribution in [0.1, 0.15) is 39.4 Å². The Labute approximate surface area is 114 Å². The molecule has 2 rings (SSSR count). The van der Waals surface area contributed by atoms with Crippen molar-refractivity contribution in [2.75, 3.05) is 13.3 Å². The average molecular weight is 287 g/mol. The van der Waals surface area contributed by atoms with E-state index >= 15 is 0 Å². The molecule has 0 spiro atoms. The van der Waals surface area contributed by atoms with Crippen LogP contribution in [0.15, 0.2) is 11.1 Å². The second kappa shape index (κ2) is 4.57. The first kappa shape index (κ1) is 14.5. The van der Waals surface area contributed by atoms with Crippen molar-refractivity contribution in [2.45, 2.75) is 51.1 Å². The SMILES string of the molecule is Cc1nn(C(C)C)cc1S(=O)(=O)N1COCC1(C)C. The van der Waals surface area contributed by atoms with E-state index in [9.17, 15) is 8.42 Å². The minimum atomic E-state index is -3.56. The lowest BCUT2D eigenvalue weighted by Crippen LogP contribution is -2.44. The Morgan fingerprint density at radius 2 is 2.05 bits per heavy atom. The van der Waals surface area contributed by atoms with E-state index in [1.807, 2.05) is 27.7 Å². The molecule has 0 aliphatic carbocycles. The Morgan fingerprint density at radius 1 is 1.42 bits per heavy atom. The maximum absolute atomic E-state index is 12.7. The fourth-order valence-corrected chi connectivity index (χ4v) is 3.93. The highest BCUT2D eigenvalue weighted by molar-refractivity contribution is 7.89. The van der Waals surface area contributed by atoms with Gasteiger partial charge in [0.25, 0.3) is 0 Å². The Morgan fingerprint density at radius 3 is 2.47 bits per heavy atom. The van der Waals surface area contributed by atoms with Crippen LogP contribution in [0.5, 0.6) is 0 Å². The summed E-state index contributed by atoms with van der Waals surface area (Å²) >= 11 is 0. The molecule has 0 aromatic carbocycles. The third kappa shape index (κ3) is 2.42. The Bertz CT molecular complexity index is 575. The number of aromatic nitrogens is 2. The number of hydrogen-bond acceptors (Lipinski definition) is 4. The largest absolute Gasteiger partial charge is 0.363 e. The summed E-state index contributed by atoms with van der Waals surface area (Å²) in [5.41, 5.74) is 0.00183. The average Bonchev–Trinajstić information content (AvgIpc) is 2.81. The summed E-state index contributed by atoms with van der Waals surface area (Å²) in [5, 5.41) is 4.27. The van der Waals surface area contributed by atoms with Crippen LogP contribution in [0, 0.1) is 6.92 Å². The Balaban J connectivity index is 2.45. The molecule has 0 saturated carbocycles. The molecule has 6 nitrogen and oxygen atoms in total. The second-order valence-corrected chi connectivity index (χ2v) is 7.63. The zero-order valence-electron chi connectivity index (χ0n) is 12.0. The van der Waals surface area contributed by atoms with Gasteiger partial charge in [-0.25, -0.2) is 8.42 Å². The fraction of sp³-hybridized carbons (Fsp3) is 0.750. The molecule has 1 aromatic rings. The van der Waals surface area contributed by atoms with Gasteiger partial charge in [-0.05, 0) is 34.6 Å². The van der Waals surface area contributed by atoms with E-state index in [0.29, 0.717) is 12.3 Å². The number of ether oxygens (including phenoxy) is 1. The first-order valence-corrected chi connectivity index (χ1v) is 7.76. The summed E-state index contributed by atoms with van der Waals surface area (Å²) < 4.78 is 33.8. The minimum Gasteiger partial charge on any atom is -0.363 e. The van der Waals surface area contributed by atoms with E-state index < -0.39 is 15.6 Å². The lowest BCUT2D eigenvalue weighted by atomic mass is 10.1. The predicted molar refractivity (Wildman–Crippen MR) is 71.3 cm³/mol. The van der Waals surface area contributed by atoms with Crippen molar-refractivity contribution >= 4 is 10.0 Å². The van der Waals surface area contributed by atoms with Crippen molar-refractivity contribution in [3.8, 4) is 0 Å². The van der Waals surface area contributed by atoms with Gasteiger partial charge in [0.2, 0.25) is 10.0 Å². The third-order valence-electron chi connectivity index (χ3n) is 3.31. The maximum Gasteiger partial charge on any atom is 0.248 e. The van der Waals surface area contributed by atoms with Gasteiger partial charge in [-0.2, -0.15) is 9.40 Å². The molecule has 19 heavy (non-hydrogen) atoms. The van der Waals surface area contributed by atoms with Gasteiger partial charge in [0.05, 0.1) is 17.8 Å². The third-order valence-corrected chi connectivity index (χ3v) is 5.44. The number of hydrogen-bond donors (Lipinski definition) is 0. The molecule has 1 aromatic heterocycles. The summed E-state index contributed by atoms with van der Waals surface area (Å²) in [4.78, 5) is 0.264. The number of rotatable bonds is 3. The second-order valence-electron chi connectivity index (χ2n) is 5.80. The zero-order valence-corrected chi connectivity index (χ0v) is 12.9. The number of sulfonamides is 1. The molecule has 0 atom stereocenters. The van der Waals surface area contributed by atoms with E-state index in [4.69, 9.17) is 4.74 Å². The van der Waals surface area contributed by atoms with Gasteiger partial charge in [0, 0.05) is 12.2 Å². The van der Waals surface area contributed by atoms with Crippen LogP contribution >= 0.6 is 0 Å². The fourth-order valence-electron chi connectivity index (χ4n) is 2.12. The van der Waals surface area contributed by atoms with Gasteiger partial charge >= 0.3 is 0 Å². The molecule has 0 bridgehead atoms. The lowest BCUT2D eigenvalue weighted by Gasteiger charge is -2.27. The monoisotopic (exact) mass is 287 g/mol. The van der Waals surface area contributed by atoms with Crippen molar-refractivity contribution in [1.82, 2.24) is 14.1 Å². The predicted octanol–water partition coefficient (Wildman–Crippen LogP) is 1.53. The molecule has 0 N–H and O–H groups in total. The van der Waals surface area contributed by atoms with Crippen molar-refractivity contribution < 1.29 is 13.2 Å². The van der Waals surface area contributed by atoms with Crippen molar-refractivity contribution in [3.63, 3.8) is 0 Å². The standard InChI is InChI=1S/C12H21N3O3S/c1-9(2)14-6-11(10(3)13-14)19(16,17)15-8-18-7-12(15,4)5/h6,9H,7-8H2,1-5H3. The van der Waals surface area contributed by atoms with E-state index in [1.165, 1.54) is 4.31 Å². The van der Waals surface area contributed by atoms with Crippen LogP contribution in [0.2, 0.25) is 0 Å². The molecular weight excluding hydrogens is 266 g/mol. The minimum absolute atomic E-state index is 0.0988. The van der Waals surface area contributed by atoms with Gasteiger partial charge in [0.15, 0.2) is 0 Å². The molecule has 2 heterocycles. The quantitative estimate of drug-likeness (QED) is 0.845. The molecule has 0 amide bonds. The summed E-state index contributed by atoms with van der Waals surface area (Å²) in [6, 6.07) is 0.130. The molecule has 1 saturated heterocycles. The van der Waals surface area contributed by atoms with Gasteiger partial charge in [-0.15, -0.1) is 0 Å². The van der Waals surface area contributed by atoms with Crippen LogP contribution in [0.3, 0.4) is 0 Å². The molecule has 1 aliphatic rings. The van der Waals surface area contributed by atoms with Crippen molar-refractivity contribution in [2.24, 2.45) is 0 Å². The van der Waals surface area contributed by atoms with Crippen LogP contribution in [-0.4, -0.2) is 41.4 Å². The van der Waals surface area contributed by atoms with Gasteiger partial charge in [-0.3, -0.25) is 4.68 Å². The van der Waals surface area contributed by atoms with E-state index in [0.717, 1.165) is 0 Å². The molecule has 1 aliphatic heterocycles. The Hall–Kier alpha value is -0.920. The van der Waals surface area contributed by atoms with Crippen LogP contribution < -0.4 is 0 Å². The Kier molecular flexibility index (Phi) is 3.49. The van der Waals surface area contributed by atoms with Crippen LogP contribution in [0.4, 0.5) is 0 Å². The van der Waals surface area contributed by atoms with E-state index in [2.05, 4.69) is 5.10 Å². The highest BCUT2D eigenvalue weighted by atomic mass is 32.2. The molecule has 0 radical (unpaired) electrons. The lowest BCUT2D eigenvalue weighted by molar-refractivity contribution is 0.171. The molecule has 7 heteroatoms. The van der Waals surface area contributed by atoms with Crippen LogP contribution in [0.25, 0.3) is 0 Å². The highest BCUT2D eigenvalue weighted by Crippen LogP contribution is 2.30. The zero-order chi connectivity index (χ0) is 14.4. The van der Waals surface area contributed by atoms with Gasteiger partial charge in [-0.1, -0.05) is 0 Å². The molecule has 1 fully saturated rings. The van der Waals surface area contributed by atoms with Gasteiger partial charge in [0.1, 0.15) is 11.6 Å². The van der Waals surface area contributed by atoms with E-state index in [1.54, 1.807) is 17.8 Å². The molecular formula is C12H21N3O3S. The summed E-state index contributed by atoms with van der Waals surface area (Å²) in [7, 11) is -3.56.